The molecule has 1 aromatic carbocycles. The van der Waals surface area contributed by atoms with Crippen LogP contribution in [0, 0.1) is 26.7 Å². The topological polar surface area (TPSA) is 83.5 Å². The summed E-state index contributed by atoms with van der Waals surface area (Å²) in [4.78, 5) is 11.2. The van der Waals surface area contributed by atoms with Crippen molar-refractivity contribution in [3.05, 3.63) is 28.3 Å². The van der Waals surface area contributed by atoms with Crippen LogP contribution < -0.4 is 4.72 Å². The van der Waals surface area contributed by atoms with E-state index in [1.807, 2.05) is 6.92 Å². The maximum absolute atomic E-state index is 12.5. The largest absolute Gasteiger partial charge is 0.481 e. The van der Waals surface area contributed by atoms with Gasteiger partial charge in [0.05, 0.1) is 11.3 Å². The summed E-state index contributed by atoms with van der Waals surface area (Å²) < 4.78 is 27.6. The number of hydrogen-bond acceptors (Lipinski definition) is 3. The van der Waals surface area contributed by atoms with Crippen molar-refractivity contribution < 1.29 is 18.3 Å². The van der Waals surface area contributed by atoms with E-state index in [0.717, 1.165) is 18.4 Å². The molecule has 0 aromatic heterocycles. The minimum Gasteiger partial charge on any atom is -0.481 e. The molecule has 2 N–H and O–H groups in total. The summed E-state index contributed by atoms with van der Waals surface area (Å²) >= 11 is 0. The normalized spacial score (nSPS) is 15.2. The highest BCUT2D eigenvalue weighted by Crippen LogP contribution is 2.30. The van der Waals surface area contributed by atoms with Gasteiger partial charge in [-0.2, -0.15) is 0 Å². The second-order valence-corrected chi connectivity index (χ2v) is 7.51. The fourth-order valence-corrected chi connectivity index (χ4v) is 4.27. The summed E-state index contributed by atoms with van der Waals surface area (Å²) in [5, 5.41) is 9.00. The van der Waals surface area contributed by atoms with Gasteiger partial charge in [0.2, 0.25) is 10.0 Å². The van der Waals surface area contributed by atoms with Gasteiger partial charge in [0.25, 0.3) is 0 Å². The highest BCUT2D eigenvalue weighted by Gasteiger charge is 2.27. The smallest absolute Gasteiger partial charge is 0.307 e. The molecule has 1 aliphatic carbocycles. The van der Waals surface area contributed by atoms with E-state index in [4.69, 9.17) is 5.11 Å². The van der Waals surface area contributed by atoms with Gasteiger partial charge >= 0.3 is 5.97 Å². The van der Waals surface area contributed by atoms with E-state index >= 15 is 0 Å². The van der Waals surface area contributed by atoms with Crippen molar-refractivity contribution in [3.63, 3.8) is 0 Å². The molecule has 0 spiro atoms. The lowest BCUT2D eigenvalue weighted by Crippen LogP contribution is -2.27. The molecule has 1 aliphatic rings. The third-order valence-corrected chi connectivity index (χ3v) is 5.63. The molecule has 2 rings (SSSR count). The van der Waals surface area contributed by atoms with Crippen molar-refractivity contribution >= 4 is 16.0 Å². The third-order valence-electron chi connectivity index (χ3n) is 3.92. The number of carbonyl (C=O) groups is 1. The second-order valence-electron chi connectivity index (χ2n) is 5.81. The Bertz CT molecular complexity index is 675. The van der Waals surface area contributed by atoms with Gasteiger partial charge in [0, 0.05) is 6.54 Å². The first-order valence-electron chi connectivity index (χ1n) is 7.03. The van der Waals surface area contributed by atoms with E-state index in [-0.39, 0.29) is 11.3 Å². The first kappa shape index (κ1) is 16.0. The Morgan fingerprint density at radius 1 is 1.29 bits per heavy atom. The van der Waals surface area contributed by atoms with Crippen molar-refractivity contribution in [3.8, 4) is 0 Å². The molecule has 0 aliphatic heterocycles. The van der Waals surface area contributed by atoms with Crippen molar-refractivity contribution in [1.82, 2.24) is 4.72 Å². The Morgan fingerprint density at radius 2 is 1.90 bits per heavy atom. The van der Waals surface area contributed by atoms with Crippen LogP contribution in [0.15, 0.2) is 11.0 Å². The molecule has 1 saturated carbocycles. The Labute approximate surface area is 125 Å². The van der Waals surface area contributed by atoms with Gasteiger partial charge in [-0.05, 0) is 61.8 Å². The van der Waals surface area contributed by atoms with Crippen LogP contribution in [0.3, 0.4) is 0 Å². The van der Waals surface area contributed by atoms with Gasteiger partial charge in [0.15, 0.2) is 0 Å². The first-order chi connectivity index (χ1) is 9.72. The number of aryl methyl sites for hydroxylation is 2. The molecular weight excluding hydrogens is 290 g/mol. The summed E-state index contributed by atoms with van der Waals surface area (Å²) in [7, 11) is -3.59. The van der Waals surface area contributed by atoms with Gasteiger partial charge in [-0.1, -0.05) is 6.07 Å². The van der Waals surface area contributed by atoms with Gasteiger partial charge in [-0.25, -0.2) is 13.1 Å². The van der Waals surface area contributed by atoms with Crippen LogP contribution in [0.25, 0.3) is 0 Å². The van der Waals surface area contributed by atoms with Gasteiger partial charge in [0.1, 0.15) is 0 Å². The highest BCUT2D eigenvalue weighted by atomic mass is 32.2. The molecular formula is C15H21NO4S. The van der Waals surface area contributed by atoms with Crippen LogP contribution in [-0.2, 0) is 21.2 Å². The first-order valence-corrected chi connectivity index (χ1v) is 8.52. The van der Waals surface area contributed by atoms with Crippen LogP contribution in [0.2, 0.25) is 0 Å². The molecule has 0 amide bonds. The number of carboxylic acids is 1. The Balaban J connectivity index is 2.43. The molecule has 116 valence electrons. The number of aliphatic carboxylic acids is 1. The molecule has 0 heterocycles. The van der Waals surface area contributed by atoms with Crippen LogP contribution in [0.1, 0.15) is 35.1 Å². The molecule has 1 fully saturated rings. The lowest BCUT2D eigenvalue weighted by atomic mass is 9.97. The third kappa shape index (κ3) is 3.63. The van der Waals surface area contributed by atoms with Gasteiger partial charge in [-0.3, -0.25) is 4.79 Å². The summed E-state index contributed by atoms with van der Waals surface area (Å²) in [6, 6.07) is 1.75. The molecule has 21 heavy (non-hydrogen) atoms. The number of rotatable bonds is 6. The number of nitrogens with one attached hydrogen (secondary N) is 1. The summed E-state index contributed by atoms with van der Waals surface area (Å²) in [6.07, 6.45) is 1.97. The van der Waals surface area contributed by atoms with E-state index in [9.17, 15) is 13.2 Å². The number of hydrogen-bond donors (Lipinski definition) is 2. The van der Waals surface area contributed by atoms with E-state index in [1.54, 1.807) is 19.9 Å². The summed E-state index contributed by atoms with van der Waals surface area (Å²) in [6.45, 7) is 5.70. The zero-order valence-electron chi connectivity index (χ0n) is 12.6. The summed E-state index contributed by atoms with van der Waals surface area (Å²) in [5.74, 6) is -0.510. The minimum atomic E-state index is -3.59. The highest BCUT2D eigenvalue weighted by molar-refractivity contribution is 7.89. The number of benzene rings is 1. The maximum atomic E-state index is 12.5. The van der Waals surface area contributed by atoms with Gasteiger partial charge in [-0.15, -0.1) is 0 Å². The molecule has 0 saturated heterocycles. The zero-order chi connectivity index (χ0) is 15.8. The lowest BCUT2D eigenvalue weighted by molar-refractivity contribution is -0.136. The van der Waals surface area contributed by atoms with Crippen molar-refractivity contribution in [1.29, 1.82) is 0 Å². The second kappa shape index (κ2) is 5.77. The SMILES string of the molecule is Cc1cc(C)c(S(=O)(=O)NCC2CC2)c(C)c1CC(=O)O. The monoisotopic (exact) mass is 311 g/mol. The molecule has 0 radical (unpaired) electrons. The number of carboxylic acid groups (broad SMARTS) is 1. The molecule has 5 nitrogen and oxygen atoms in total. The standard InChI is InChI=1S/C15H21NO4S/c1-9-6-10(2)15(11(3)13(9)7-14(17)18)21(19,20)16-8-12-4-5-12/h6,12,16H,4-5,7-8H2,1-3H3,(H,17,18). The van der Waals surface area contributed by atoms with Crippen LogP contribution in [0.5, 0.6) is 0 Å². The zero-order valence-corrected chi connectivity index (χ0v) is 13.4. The maximum Gasteiger partial charge on any atom is 0.307 e. The molecule has 1 aromatic rings. The molecule has 0 bridgehead atoms. The lowest BCUT2D eigenvalue weighted by Gasteiger charge is -2.17. The van der Waals surface area contributed by atoms with E-state index in [2.05, 4.69) is 4.72 Å². The fraction of sp³-hybridized carbons (Fsp3) is 0.533. The van der Waals surface area contributed by atoms with Crippen LogP contribution in [-0.4, -0.2) is 26.0 Å². The molecule has 0 unspecified atom stereocenters. The van der Waals surface area contributed by atoms with E-state index < -0.39 is 16.0 Å². The summed E-state index contributed by atoms with van der Waals surface area (Å²) in [5.41, 5.74) is 2.59. The average Bonchev–Trinajstić information content (AvgIpc) is 3.15. The molecule has 0 atom stereocenters. The van der Waals surface area contributed by atoms with Crippen molar-refractivity contribution in [2.45, 2.75) is 44.9 Å². The quantitative estimate of drug-likeness (QED) is 0.841. The van der Waals surface area contributed by atoms with Crippen LogP contribution >= 0.6 is 0 Å². The Morgan fingerprint density at radius 3 is 2.43 bits per heavy atom. The Hall–Kier alpha value is -1.40. The minimum absolute atomic E-state index is 0.164. The number of sulfonamides is 1. The Kier molecular flexibility index (Phi) is 4.39. The van der Waals surface area contributed by atoms with Gasteiger partial charge < -0.3 is 5.11 Å². The predicted molar refractivity (Wildman–Crippen MR) is 79.9 cm³/mol. The molecule has 6 heteroatoms. The fourth-order valence-electron chi connectivity index (χ4n) is 2.66. The van der Waals surface area contributed by atoms with Crippen molar-refractivity contribution in [2.24, 2.45) is 5.92 Å². The predicted octanol–water partition coefficient (Wildman–Crippen LogP) is 1.93. The van der Waals surface area contributed by atoms with Crippen LogP contribution in [0.4, 0.5) is 0 Å². The van der Waals surface area contributed by atoms with Crippen molar-refractivity contribution in [2.75, 3.05) is 6.54 Å². The van der Waals surface area contributed by atoms with E-state index in [0.29, 0.717) is 29.2 Å². The average molecular weight is 311 g/mol. The van der Waals surface area contributed by atoms with E-state index in [1.165, 1.54) is 0 Å².